The fourth-order valence-corrected chi connectivity index (χ4v) is 7.36. The number of benzene rings is 2. The van der Waals surface area contributed by atoms with Crippen LogP contribution >= 0.6 is 0 Å². The number of H-pyrrole nitrogens is 1. The van der Waals surface area contributed by atoms with Crippen LogP contribution in [0, 0.1) is 12.8 Å². The van der Waals surface area contributed by atoms with Crippen molar-refractivity contribution in [2.24, 2.45) is 11.7 Å². The third kappa shape index (κ3) is 3.26. The van der Waals surface area contributed by atoms with Crippen LogP contribution in [0.5, 0.6) is 5.75 Å². The first kappa shape index (κ1) is 23.0. The number of aromatic nitrogens is 1. The van der Waals surface area contributed by atoms with Gasteiger partial charge in [-0.25, -0.2) is 0 Å². The molecule has 7 heteroatoms. The Kier molecular flexibility index (Phi) is 5.14. The number of aliphatic hydroxyl groups is 1. The number of aromatic hydroxyl groups is 1. The largest absolute Gasteiger partial charge is 0.508 e. The van der Waals surface area contributed by atoms with Crippen LogP contribution in [0.1, 0.15) is 44.7 Å². The van der Waals surface area contributed by atoms with Gasteiger partial charge in [0.2, 0.25) is 0 Å². The van der Waals surface area contributed by atoms with Crippen LogP contribution in [-0.2, 0) is 24.7 Å². The SMILES string of the molecule is Cc1ccc(O)cc1C12Cc3[nH]c(=O)c(C(N)=O)cc3CC1(O)C1C(CN1CCc1ccccc1)C2. The second-order valence-electron chi connectivity index (χ2n) is 10.9. The van der Waals surface area contributed by atoms with E-state index in [1.54, 1.807) is 18.2 Å². The molecule has 4 unspecified atom stereocenters. The van der Waals surface area contributed by atoms with E-state index in [9.17, 15) is 19.8 Å². The molecule has 0 bridgehead atoms. The predicted octanol–water partition coefficient (Wildman–Crippen LogP) is 2.20. The lowest BCUT2D eigenvalue weighted by Gasteiger charge is -2.55. The third-order valence-electron chi connectivity index (χ3n) is 8.92. The van der Waals surface area contributed by atoms with Crippen molar-refractivity contribution in [2.75, 3.05) is 13.1 Å². The first-order chi connectivity index (χ1) is 17.2. The summed E-state index contributed by atoms with van der Waals surface area (Å²) in [7, 11) is 0. The number of carbonyl (C=O) groups is 1. The van der Waals surface area contributed by atoms with Gasteiger partial charge in [-0.05, 0) is 66.1 Å². The van der Waals surface area contributed by atoms with Gasteiger partial charge in [-0.15, -0.1) is 0 Å². The van der Waals surface area contributed by atoms with Crippen LogP contribution in [0.25, 0.3) is 0 Å². The zero-order valence-electron chi connectivity index (χ0n) is 20.3. The third-order valence-corrected chi connectivity index (χ3v) is 8.92. The molecule has 2 aromatic carbocycles. The molecule has 1 saturated carbocycles. The molecule has 2 heterocycles. The second-order valence-corrected chi connectivity index (χ2v) is 10.9. The second kappa shape index (κ2) is 8.05. The number of pyridine rings is 1. The molecule has 6 rings (SSSR count). The summed E-state index contributed by atoms with van der Waals surface area (Å²) in [5.41, 5.74) is 7.76. The number of carbonyl (C=O) groups excluding carboxylic acids is 1. The van der Waals surface area contributed by atoms with Gasteiger partial charge in [0, 0.05) is 43.1 Å². The number of nitrogens with one attached hydrogen (secondary N) is 1. The fourth-order valence-electron chi connectivity index (χ4n) is 7.36. The van der Waals surface area contributed by atoms with Crippen LogP contribution in [0.15, 0.2) is 59.4 Å². The number of amides is 1. The maximum absolute atomic E-state index is 12.7. The number of fused-ring (bicyclic) bond motifs is 4. The number of aryl methyl sites for hydroxylation is 1. The predicted molar refractivity (Wildman–Crippen MR) is 136 cm³/mol. The van der Waals surface area contributed by atoms with E-state index in [4.69, 9.17) is 5.73 Å². The summed E-state index contributed by atoms with van der Waals surface area (Å²) in [5.74, 6) is -0.316. The summed E-state index contributed by atoms with van der Waals surface area (Å²) < 4.78 is 0. The minimum Gasteiger partial charge on any atom is -0.508 e. The summed E-state index contributed by atoms with van der Waals surface area (Å²) in [4.78, 5) is 29.8. The molecule has 7 nitrogen and oxygen atoms in total. The highest BCUT2D eigenvalue weighted by Crippen LogP contribution is 2.62. The number of rotatable bonds is 5. The minimum absolute atomic E-state index is 0.0555. The minimum atomic E-state index is -1.13. The van der Waals surface area contributed by atoms with E-state index in [1.807, 2.05) is 31.2 Å². The van der Waals surface area contributed by atoms with Gasteiger partial charge in [-0.3, -0.25) is 14.5 Å². The van der Waals surface area contributed by atoms with Gasteiger partial charge in [-0.1, -0.05) is 36.4 Å². The number of likely N-dealkylation sites (tertiary alicyclic amines) is 1. The number of nitrogens with two attached hydrogens (primary N) is 1. The number of phenolic OH excluding ortho intramolecular Hbond substituents is 1. The van der Waals surface area contributed by atoms with Crippen molar-refractivity contribution in [3.05, 3.63) is 98.5 Å². The molecular weight excluding hydrogens is 454 g/mol. The summed E-state index contributed by atoms with van der Waals surface area (Å²) in [5, 5.41) is 23.1. The lowest BCUT2D eigenvalue weighted by Crippen LogP contribution is -2.68. The zero-order valence-corrected chi connectivity index (χ0v) is 20.3. The molecular formula is C29H31N3O4. The molecule has 3 aromatic rings. The molecule has 4 atom stereocenters. The van der Waals surface area contributed by atoms with Crippen molar-refractivity contribution < 1.29 is 15.0 Å². The molecule has 5 N–H and O–H groups in total. The smallest absolute Gasteiger partial charge is 0.261 e. The van der Waals surface area contributed by atoms with Crippen molar-refractivity contribution >= 4 is 5.91 Å². The number of nitrogens with zero attached hydrogens (tertiary/aromatic N) is 1. The monoisotopic (exact) mass is 485 g/mol. The van der Waals surface area contributed by atoms with Gasteiger partial charge in [0.1, 0.15) is 11.3 Å². The van der Waals surface area contributed by atoms with Crippen molar-refractivity contribution in [2.45, 2.75) is 49.7 Å². The van der Waals surface area contributed by atoms with E-state index in [2.05, 4.69) is 22.0 Å². The standard InChI is InChI=1S/C29H31N3O4/c1-17-7-8-21(33)12-23(17)28-13-20-16-32(10-9-18-5-3-2-4-6-18)25(20)29(28,36)14-19-11-22(26(30)34)27(35)31-24(19)15-28/h2-8,11-12,20,25,33,36H,9-10,13-16H2,1H3,(H2,30,34)(H,31,35). The van der Waals surface area contributed by atoms with Crippen LogP contribution in [0.2, 0.25) is 0 Å². The highest BCUT2D eigenvalue weighted by atomic mass is 16.3. The summed E-state index contributed by atoms with van der Waals surface area (Å²) in [6.07, 6.45) is 2.39. The maximum atomic E-state index is 12.7. The molecule has 1 aliphatic heterocycles. The van der Waals surface area contributed by atoms with E-state index in [0.717, 1.165) is 48.3 Å². The fraction of sp³-hybridized carbons (Fsp3) is 0.379. The number of hydrogen-bond acceptors (Lipinski definition) is 5. The van der Waals surface area contributed by atoms with E-state index in [-0.39, 0.29) is 17.4 Å². The summed E-state index contributed by atoms with van der Waals surface area (Å²) >= 11 is 0. The Bertz CT molecular complexity index is 1420. The summed E-state index contributed by atoms with van der Waals surface area (Å²) in [6.45, 7) is 3.75. The van der Waals surface area contributed by atoms with Gasteiger partial charge in [0.25, 0.3) is 11.5 Å². The van der Waals surface area contributed by atoms with Gasteiger partial charge in [0.05, 0.1) is 5.60 Å². The van der Waals surface area contributed by atoms with Crippen molar-refractivity contribution in [3.8, 4) is 5.75 Å². The number of phenols is 1. The molecule has 36 heavy (non-hydrogen) atoms. The number of primary amides is 1. The average molecular weight is 486 g/mol. The van der Waals surface area contributed by atoms with Crippen molar-refractivity contribution in [1.29, 1.82) is 0 Å². The average Bonchev–Trinajstić information content (AvgIpc) is 3.02. The Labute approximate surface area is 209 Å². The molecule has 1 aromatic heterocycles. The van der Waals surface area contributed by atoms with Crippen LogP contribution in [0.3, 0.4) is 0 Å². The Morgan fingerprint density at radius 1 is 1.17 bits per heavy atom. The van der Waals surface area contributed by atoms with Crippen LogP contribution < -0.4 is 11.3 Å². The molecule has 2 aliphatic carbocycles. The molecule has 1 amide bonds. The molecule has 2 fully saturated rings. The van der Waals surface area contributed by atoms with E-state index in [0.29, 0.717) is 18.8 Å². The van der Waals surface area contributed by atoms with Gasteiger partial charge in [-0.2, -0.15) is 0 Å². The van der Waals surface area contributed by atoms with E-state index >= 15 is 0 Å². The van der Waals surface area contributed by atoms with Gasteiger partial charge >= 0.3 is 0 Å². The zero-order chi connectivity index (χ0) is 25.2. The van der Waals surface area contributed by atoms with Gasteiger partial charge in [0.15, 0.2) is 0 Å². The number of hydrogen-bond donors (Lipinski definition) is 4. The van der Waals surface area contributed by atoms with E-state index in [1.165, 1.54) is 5.56 Å². The molecule has 0 radical (unpaired) electrons. The molecule has 3 aliphatic rings. The Hall–Kier alpha value is -3.42. The first-order valence-electron chi connectivity index (χ1n) is 12.6. The normalized spacial score (nSPS) is 28.6. The number of aromatic amines is 1. The molecule has 186 valence electrons. The molecule has 0 spiro atoms. The lowest BCUT2D eigenvalue weighted by atomic mass is 9.59. The first-order valence-corrected chi connectivity index (χ1v) is 12.6. The van der Waals surface area contributed by atoms with Crippen molar-refractivity contribution in [3.63, 3.8) is 0 Å². The van der Waals surface area contributed by atoms with Crippen LogP contribution in [0.4, 0.5) is 0 Å². The maximum Gasteiger partial charge on any atom is 0.261 e. The van der Waals surface area contributed by atoms with Crippen LogP contribution in [-0.4, -0.2) is 50.7 Å². The quantitative estimate of drug-likeness (QED) is 0.442. The topological polar surface area (TPSA) is 120 Å². The highest BCUT2D eigenvalue weighted by Gasteiger charge is 2.70. The van der Waals surface area contributed by atoms with Gasteiger partial charge < -0.3 is 20.9 Å². The Morgan fingerprint density at radius 2 is 1.94 bits per heavy atom. The van der Waals surface area contributed by atoms with E-state index < -0.39 is 22.5 Å². The highest BCUT2D eigenvalue weighted by molar-refractivity contribution is 5.92. The summed E-state index contributed by atoms with van der Waals surface area (Å²) in [6, 6.07) is 17.2. The molecule has 1 saturated heterocycles. The van der Waals surface area contributed by atoms with Crippen molar-refractivity contribution in [1.82, 2.24) is 9.88 Å². The Balaban J connectivity index is 1.44. The lowest BCUT2D eigenvalue weighted by molar-refractivity contribution is -0.116. The Morgan fingerprint density at radius 3 is 2.69 bits per heavy atom.